The van der Waals surface area contributed by atoms with E-state index in [1.54, 1.807) is 12.2 Å². The smallest absolute Gasteiger partial charge is 0.343 e. The average Bonchev–Trinajstić information content (AvgIpc) is 2.97. The zero-order valence-electron chi connectivity index (χ0n) is 18.0. The summed E-state index contributed by atoms with van der Waals surface area (Å²) >= 11 is 0. The Hall–Kier alpha value is -3.96. The maximum atomic E-state index is 13.2. The van der Waals surface area contributed by atoms with Crippen LogP contribution in [0.1, 0.15) is 28.4 Å². The molecule has 2 aromatic carbocycles. The largest absolute Gasteiger partial charge is 0.405 e. The van der Waals surface area contributed by atoms with Crippen molar-refractivity contribution < 1.29 is 36.7 Å². The van der Waals surface area contributed by atoms with E-state index in [4.69, 9.17) is 0 Å². The van der Waals surface area contributed by atoms with Crippen molar-refractivity contribution in [2.24, 2.45) is 0 Å². The molecule has 1 fully saturated rings. The Bertz CT molecular complexity index is 1150. The van der Waals surface area contributed by atoms with Crippen molar-refractivity contribution in [3.63, 3.8) is 0 Å². The molecule has 3 rings (SSSR count). The first-order valence-corrected chi connectivity index (χ1v) is 9.96. The summed E-state index contributed by atoms with van der Waals surface area (Å²) in [6.45, 7) is 0.837. The van der Waals surface area contributed by atoms with Crippen LogP contribution in [0.5, 0.6) is 0 Å². The van der Waals surface area contributed by atoms with E-state index in [1.807, 2.05) is 0 Å². The van der Waals surface area contributed by atoms with Gasteiger partial charge in [-0.1, -0.05) is 18.2 Å². The van der Waals surface area contributed by atoms with Crippen LogP contribution in [-0.2, 0) is 15.1 Å². The summed E-state index contributed by atoms with van der Waals surface area (Å²) < 4.78 is 50.2. The molecule has 0 aliphatic carbocycles. The summed E-state index contributed by atoms with van der Waals surface area (Å²) in [7, 11) is 0. The number of carbonyl (C=O) groups excluding carboxylic acids is 4. The van der Waals surface area contributed by atoms with Gasteiger partial charge in [-0.2, -0.15) is 13.2 Å². The van der Waals surface area contributed by atoms with Crippen LogP contribution in [0, 0.1) is 12.7 Å². The number of rotatable bonds is 6. The third kappa shape index (κ3) is 5.33. The third-order valence-electron chi connectivity index (χ3n) is 5.22. The van der Waals surface area contributed by atoms with Crippen molar-refractivity contribution in [3.8, 4) is 0 Å². The average molecular weight is 480 g/mol. The Morgan fingerprint density at radius 3 is 2.35 bits per heavy atom. The Labute approximate surface area is 191 Å². The first kappa shape index (κ1) is 24.7. The van der Waals surface area contributed by atoms with Crippen LogP contribution >= 0.6 is 0 Å². The molecule has 12 heteroatoms. The van der Waals surface area contributed by atoms with Gasteiger partial charge < -0.3 is 16.0 Å². The molecule has 0 bridgehead atoms. The topological polar surface area (TPSA) is 108 Å². The van der Waals surface area contributed by atoms with Gasteiger partial charge >= 0.3 is 12.2 Å². The van der Waals surface area contributed by atoms with Gasteiger partial charge in [-0.05, 0) is 49.2 Å². The molecule has 180 valence electrons. The highest BCUT2D eigenvalue weighted by Gasteiger charge is 2.49. The monoisotopic (exact) mass is 480 g/mol. The van der Waals surface area contributed by atoms with E-state index in [1.165, 1.54) is 37.3 Å². The highest BCUT2D eigenvalue weighted by molar-refractivity contribution is 6.10. The Balaban J connectivity index is 1.71. The third-order valence-corrected chi connectivity index (χ3v) is 5.22. The quantitative estimate of drug-likeness (QED) is 0.437. The highest BCUT2D eigenvalue weighted by Crippen LogP contribution is 2.29. The van der Waals surface area contributed by atoms with Crippen LogP contribution < -0.4 is 16.0 Å². The van der Waals surface area contributed by atoms with Crippen LogP contribution in [0.15, 0.2) is 42.5 Å². The van der Waals surface area contributed by atoms with Crippen LogP contribution in [-0.4, -0.2) is 47.9 Å². The molecule has 0 spiro atoms. The van der Waals surface area contributed by atoms with Crippen LogP contribution in [0.2, 0.25) is 0 Å². The zero-order chi connectivity index (χ0) is 25.3. The van der Waals surface area contributed by atoms with Crippen LogP contribution in [0.3, 0.4) is 0 Å². The number of benzene rings is 2. The number of urea groups is 1. The summed E-state index contributed by atoms with van der Waals surface area (Å²) in [5.41, 5.74) is -0.683. The van der Waals surface area contributed by atoms with Gasteiger partial charge in [0.05, 0.1) is 0 Å². The van der Waals surface area contributed by atoms with Crippen molar-refractivity contribution in [2.75, 3.05) is 18.4 Å². The SMILES string of the molecule is Cc1ccc(C(=O)NCC(F)(F)F)cc1NC(=O)CN1C(=O)NC(C)(c2ccc(F)cc2)C1=O. The van der Waals surface area contributed by atoms with E-state index in [2.05, 4.69) is 10.6 Å². The van der Waals surface area contributed by atoms with Crippen molar-refractivity contribution in [1.29, 1.82) is 0 Å². The second kappa shape index (κ2) is 9.12. The molecule has 1 unspecified atom stereocenters. The predicted octanol–water partition coefficient (Wildman–Crippen LogP) is 2.83. The molecular weight excluding hydrogens is 460 g/mol. The molecule has 2 aromatic rings. The number of halogens is 4. The van der Waals surface area contributed by atoms with Gasteiger partial charge in [-0.25, -0.2) is 9.18 Å². The van der Waals surface area contributed by atoms with Gasteiger partial charge in [-0.3, -0.25) is 19.3 Å². The summed E-state index contributed by atoms with van der Waals surface area (Å²) in [6, 6.07) is 8.04. The zero-order valence-corrected chi connectivity index (χ0v) is 18.0. The van der Waals surface area contributed by atoms with Crippen molar-refractivity contribution in [3.05, 3.63) is 65.0 Å². The fourth-order valence-electron chi connectivity index (χ4n) is 3.33. The lowest BCUT2D eigenvalue weighted by molar-refractivity contribution is -0.133. The number of hydrogen-bond acceptors (Lipinski definition) is 4. The molecule has 1 aliphatic rings. The standard InChI is InChI=1S/C22H20F4N4O4/c1-12-3-4-13(18(32)27-11-22(24,25)26)9-16(12)28-17(31)10-30-19(33)21(2,29-20(30)34)14-5-7-15(23)8-6-14/h3-9H,10-11H2,1-2H3,(H,27,32)(H,28,31)(H,29,34). The highest BCUT2D eigenvalue weighted by atomic mass is 19.4. The van der Waals surface area contributed by atoms with Gasteiger partial charge in [0.2, 0.25) is 5.91 Å². The molecule has 8 nitrogen and oxygen atoms in total. The van der Waals surface area contributed by atoms with Crippen LogP contribution in [0.4, 0.5) is 28.0 Å². The minimum absolute atomic E-state index is 0.121. The Morgan fingerprint density at radius 1 is 1.09 bits per heavy atom. The molecule has 34 heavy (non-hydrogen) atoms. The van der Waals surface area contributed by atoms with Gasteiger partial charge in [0, 0.05) is 11.3 Å². The predicted molar refractivity (Wildman–Crippen MR) is 112 cm³/mol. The molecule has 1 aliphatic heterocycles. The maximum Gasteiger partial charge on any atom is 0.405 e. The van der Waals surface area contributed by atoms with Gasteiger partial charge in [-0.15, -0.1) is 0 Å². The molecule has 3 N–H and O–H groups in total. The van der Waals surface area contributed by atoms with Crippen molar-refractivity contribution in [1.82, 2.24) is 15.5 Å². The number of nitrogens with zero attached hydrogens (tertiary/aromatic N) is 1. The lowest BCUT2D eigenvalue weighted by Crippen LogP contribution is -2.42. The van der Waals surface area contributed by atoms with Gasteiger partial charge in [0.25, 0.3) is 11.8 Å². The van der Waals surface area contributed by atoms with Crippen molar-refractivity contribution in [2.45, 2.75) is 25.6 Å². The van der Waals surface area contributed by atoms with E-state index in [9.17, 15) is 36.7 Å². The summed E-state index contributed by atoms with van der Waals surface area (Å²) in [5, 5.41) is 6.67. The minimum Gasteiger partial charge on any atom is -0.343 e. The summed E-state index contributed by atoms with van der Waals surface area (Å²) in [5.74, 6) is -3.01. The molecule has 0 saturated carbocycles. The lowest BCUT2D eigenvalue weighted by atomic mass is 9.92. The molecule has 0 radical (unpaired) electrons. The molecular formula is C22H20F4N4O4. The minimum atomic E-state index is -4.58. The molecule has 0 aromatic heterocycles. The Morgan fingerprint density at radius 2 is 1.74 bits per heavy atom. The molecule has 5 amide bonds. The lowest BCUT2D eigenvalue weighted by Gasteiger charge is -2.22. The maximum absolute atomic E-state index is 13.2. The van der Waals surface area contributed by atoms with E-state index < -0.39 is 54.4 Å². The number of imide groups is 1. The number of aryl methyl sites for hydroxylation is 1. The fourth-order valence-corrected chi connectivity index (χ4v) is 3.33. The molecule has 1 saturated heterocycles. The first-order chi connectivity index (χ1) is 15.8. The number of nitrogens with one attached hydrogen (secondary N) is 3. The molecule has 1 heterocycles. The van der Waals surface area contributed by atoms with Crippen molar-refractivity contribution >= 4 is 29.4 Å². The fraction of sp³-hybridized carbons (Fsp3) is 0.273. The van der Waals surface area contributed by atoms with Gasteiger partial charge in [0.15, 0.2) is 0 Å². The summed E-state index contributed by atoms with van der Waals surface area (Å²) in [4.78, 5) is 50.5. The van der Waals surface area contributed by atoms with Gasteiger partial charge in [0.1, 0.15) is 24.4 Å². The second-order valence-corrected chi connectivity index (χ2v) is 7.83. The van der Waals surface area contributed by atoms with E-state index >= 15 is 0 Å². The van der Waals surface area contributed by atoms with E-state index in [-0.39, 0.29) is 11.3 Å². The normalized spacial score (nSPS) is 18.0. The number of carbonyl (C=O) groups is 4. The van der Waals surface area contributed by atoms with Crippen LogP contribution in [0.25, 0.3) is 0 Å². The summed E-state index contributed by atoms with van der Waals surface area (Å²) in [6.07, 6.45) is -4.58. The number of alkyl halides is 3. The van der Waals surface area contributed by atoms with E-state index in [0.717, 1.165) is 12.1 Å². The number of hydrogen-bond donors (Lipinski definition) is 3. The first-order valence-electron chi connectivity index (χ1n) is 9.96. The Kier molecular flexibility index (Phi) is 6.62. The molecule has 1 atom stereocenters. The number of amides is 5. The number of anilines is 1. The van der Waals surface area contributed by atoms with E-state index in [0.29, 0.717) is 16.0 Å². The second-order valence-electron chi connectivity index (χ2n) is 7.83.